The molecule has 0 spiro atoms. The van der Waals surface area contributed by atoms with Crippen LogP contribution in [0.1, 0.15) is 41.6 Å². The van der Waals surface area contributed by atoms with Crippen LogP contribution in [0.25, 0.3) is 0 Å². The Kier molecular flexibility index (Phi) is 5.04. The van der Waals surface area contributed by atoms with E-state index in [4.69, 9.17) is 0 Å². The molecule has 0 saturated heterocycles. The van der Waals surface area contributed by atoms with Crippen molar-refractivity contribution < 1.29 is 8.42 Å². The lowest BCUT2D eigenvalue weighted by molar-refractivity contribution is 0.549. The second kappa shape index (κ2) is 6.63. The summed E-state index contributed by atoms with van der Waals surface area (Å²) in [6.07, 6.45) is 0.702. The molecule has 1 unspecified atom stereocenters. The summed E-state index contributed by atoms with van der Waals surface area (Å²) in [6, 6.07) is 13.3. The van der Waals surface area contributed by atoms with E-state index in [0.29, 0.717) is 11.3 Å². The van der Waals surface area contributed by atoms with Crippen LogP contribution in [0.3, 0.4) is 0 Å². The lowest BCUT2D eigenvalue weighted by atomic mass is 10.1. The molecule has 3 nitrogen and oxygen atoms in total. The van der Waals surface area contributed by atoms with Crippen molar-refractivity contribution in [1.29, 1.82) is 0 Å². The van der Waals surface area contributed by atoms with Crippen molar-refractivity contribution in [3.63, 3.8) is 0 Å². The molecule has 0 saturated carbocycles. The van der Waals surface area contributed by atoms with Crippen LogP contribution in [0.2, 0.25) is 0 Å². The number of nitrogens with one attached hydrogen (secondary N) is 1. The van der Waals surface area contributed by atoms with Gasteiger partial charge in [-0.1, -0.05) is 55.0 Å². The van der Waals surface area contributed by atoms with Crippen molar-refractivity contribution in [2.24, 2.45) is 0 Å². The molecule has 1 N–H and O–H groups in total. The number of aryl methyl sites for hydroxylation is 3. The van der Waals surface area contributed by atoms with Crippen molar-refractivity contribution in [3.8, 4) is 0 Å². The van der Waals surface area contributed by atoms with Gasteiger partial charge in [0.1, 0.15) is 0 Å². The van der Waals surface area contributed by atoms with Gasteiger partial charge in [-0.2, -0.15) is 0 Å². The Bertz CT molecular complexity index is 729. The van der Waals surface area contributed by atoms with Gasteiger partial charge in [-0.3, -0.25) is 0 Å². The minimum Gasteiger partial charge on any atom is -0.207 e. The fraction of sp³-hybridized carbons (Fsp3) is 0.333. The predicted octanol–water partition coefficient (Wildman–Crippen LogP) is 4.04. The third-order valence-electron chi connectivity index (χ3n) is 3.78. The molecular formula is C18H23NO2S. The van der Waals surface area contributed by atoms with Crippen LogP contribution in [0.5, 0.6) is 0 Å². The highest BCUT2D eigenvalue weighted by atomic mass is 32.2. The number of hydrogen-bond acceptors (Lipinski definition) is 2. The quantitative estimate of drug-likeness (QED) is 0.904. The third kappa shape index (κ3) is 3.57. The molecule has 0 aliphatic rings. The lowest BCUT2D eigenvalue weighted by Crippen LogP contribution is -2.29. The Balaban J connectivity index is 2.39. The van der Waals surface area contributed by atoms with Crippen LogP contribution < -0.4 is 4.72 Å². The Hall–Kier alpha value is -1.65. The lowest BCUT2D eigenvalue weighted by Gasteiger charge is -2.20. The van der Waals surface area contributed by atoms with E-state index >= 15 is 0 Å². The van der Waals surface area contributed by atoms with E-state index in [1.807, 2.05) is 70.2 Å². The molecule has 0 aliphatic carbocycles. The van der Waals surface area contributed by atoms with Crippen LogP contribution in [0.4, 0.5) is 0 Å². The largest absolute Gasteiger partial charge is 0.241 e. The summed E-state index contributed by atoms with van der Waals surface area (Å²) >= 11 is 0. The Labute approximate surface area is 133 Å². The van der Waals surface area contributed by atoms with E-state index in [1.165, 1.54) is 0 Å². The van der Waals surface area contributed by atoms with Crippen LogP contribution in [0.15, 0.2) is 47.4 Å². The second-order valence-corrected chi connectivity index (χ2v) is 7.37. The molecule has 0 heterocycles. The smallest absolute Gasteiger partial charge is 0.207 e. The maximum atomic E-state index is 12.8. The van der Waals surface area contributed by atoms with Gasteiger partial charge in [0.2, 0.25) is 10.0 Å². The zero-order valence-corrected chi connectivity index (χ0v) is 14.4. The second-order valence-electron chi connectivity index (χ2n) is 5.72. The van der Waals surface area contributed by atoms with Crippen molar-refractivity contribution in [2.45, 2.75) is 45.1 Å². The molecular weight excluding hydrogens is 294 g/mol. The Morgan fingerprint density at radius 1 is 1.00 bits per heavy atom. The molecule has 1 atom stereocenters. The number of sulfonamides is 1. The molecule has 0 aromatic heterocycles. The van der Waals surface area contributed by atoms with Gasteiger partial charge in [0.05, 0.1) is 4.90 Å². The minimum absolute atomic E-state index is 0.216. The standard InChI is InChI=1S/C18H23NO2S/c1-5-17(16-9-7-6-8-10-16)19-22(20,21)18-14(3)11-13(2)12-15(18)4/h6-12,17,19H,5H2,1-4H3. The molecule has 0 aliphatic heterocycles. The van der Waals surface area contributed by atoms with Crippen LogP contribution >= 0.6 is 0 Å². The molecule has 0 radical (unpaired) electrons. The average molecular weight is 317 g/mol. The maximum Gasteiger partial charge on any atom is 0.241 e. The molecule has 118 valence electrons. The number of benzene rings is 2. The monoisotopic (exact) mass is 317 g/mol. The summed E-state index contributed by atoms with van der Waals surface area (Å²) < 4.78 is 28.5. The van der Waals surface area contributed by atoms with Gasteiger partial charge in [-0.05, 0) is 43.9 Å². The van der Waals surface area contributed by atoms with E-state index in [9.17, 15) is 8.42 Å². The van der Waals surface area contributed by atoms with Crippen molar-refractivity contribution in [2.75, 3.05) is 0 Å². The summed E-state index contributed by atoms with van der Waals surface area (Å²) in [5, 5.41) is 0. The van der Waals surface area contributed by atoms with E-state index in [2.05, 4.69) is 4.72 Å². The van der Waals surface area contributed by atoms with Gasteiger partial charge in [-0.25, -0.2) is 13.1 Å². The van der Waals surface area contributed by atoms with E-state index < -0.39 is 10.0 Å². The number of hydrogen-bond donors (Lipinski definition) is 1. The topological polar surface area (TPSA) is 46.2 Å². The summed E-state index contributed by atoms with van der Waals surface area (Å²) in [6.45, 7) is 7.65. The van der Waals surface area contributed by atoms with E-state index in [0.717, 1.165) is 22.3 Å². The molecule has 0 bridgehead atoms. The highest BCUT2D eigenvalue weighted by Gasteiger charge is 2.23. The fourth-order valence-corrected chi connectivity index (χ4v) is 4.67. The highest BCUT2D eigenvalue weighted by molar-refractivity contribution is 7.89. The van der Waals surface area contributed by atoms with Crippen LogP contribution in [-0.4, -0.2) is 8.42 Å². The summed E-state index contributed by atoms with van der Waals surface area (Å²) in [5.74, 6) is 0. The van der Waals surface area contributed by atoms with E-state index in [1.54, 1.807) is 0 Å². The highest BCUT2D eigenvalue weighted by Crippen LogP contribution is 2.25. The Morgan fingerprint density at radius 3 is 2.05 bits per heavy atom. The minimum atomic E-state index is -3.55. The first-order chi connectivity index (χ1) is 10.3. The van der Waals surface area contributed by atoms with Gasteiger partial charge in [-0.15, -0.1) is 0 Å². The zero-order chi connectivity index (χ0) is 16.3. The first kappa shape index (κ1) is 16.7. The number of rotatable bonds is 5. The van der Waals surface area contributed by atoms with Gasteiger partial charge < -0.3 is 0 Å². The van der Waals surface area contributed by atoms with Crippen LogP contribution in [0, 0.1) is 20.8 Å². The third-order valence-corrected chi connectivity index (χ3v) is 5.56. The first-order valence-electron chi connectivity index (χ1n) is 7.50. The van der Waals surface area contributed by atoms with Gasteiger partial charge in [0.15, 0.2) is 0 Å². The van der Waals surface area contributed by atoms with Crippen LogP contribution in [-0.2, 0) is 10.0 Å². The normalized spacial score (nSPS) is 13.1. The summed E-state index contributed by atoms with van der Waals surface area (Å²) in [5.41, 5.74) is 3.63. The maximum absolute atomic E-state index is 12.8. The molecule has 4 heteroatoms. The predicted molar refractivity (Wildman–Crippen MR) is 90.4 cm³/mol. The molecule has 2 rings (SSSR count). The van der Waals surface area contributed by atoms with Gasteiger partial charge in [0.25, 0.3) is 0 Å². The SMILES string of the molecule is CCC(NS(=O)(=O)c1c(C)cc(C)cc1C)c1ccccc1. The van der Waals surface area contributed by atoms with Crippen molar-refractivity contribution in [3.05, 3.63) is 64.7 Å². The zero-order valence-electron chi connectivity index (χ0n) is 13.6. The fourth-order valence-electron chi connectivity index (χ4n) is 2.91. The molecule has 2 aromatic rings. The van der Waals surface area contributed by atoms with Crippen molar-refractivity contribution >= 4 is 10.0 Å². The van der Waals surface area contributed by atoms with Crippen molar-refractivity contribution in [1.82, 2.24) is 4.72 Å². The van der Waals surface area contributed by atoms with Gasteiger partial charge in [0, 0.05) is 6.04 Å². The summed E-state index contributed by atoms with van der Waals surface area (Å²) in [4.78, 5) is 0.396. The summed E-state index contributed by atoms with van der Waals surface area (Å²) in [7, 11) is -3.55. The Morgan fingerprint density at radius 2 is 1.55 bits per heavy atom. The first-order valence-corrected chi connectivity index (χ1v) is 8.98. The molecule has 22 heavy (non-hydrogen) atoms. The van der Waals surface area contributed by atoms with E-state index in [-0.39, 0.29) is 6.04 Å². The molecule has 0 fully saturated rings. The van der Waals surface area contributed by atoms with Gasteiger partial charge >= 0.3 is 0 Å². The molecule has 2 aromatic carbocycles. The average Bonchev–Trinajstić information content (AvgIpc) is 2.44. The molecule has 0 amide bonds.